The van der Waals surface area contributed by atoms with Crippen molar-refractivity contribution in [2.45, 2.75) is 39.5 Å². The molecule has 0 aliphatic carbocycles. The highest BCUT2D eigenvalue weighted by Gasteiger charge is 2.22. The first-order valence-electron chi connectivity index (χ1n) is 8.67. The Morgan fingerprint density at radius 1 is 1.33 bits per heavy atom. The zero-order valence-corrected chi connectivity index (χ0v) is 16.1. The molecule has 1 heterocycles. The number of halogens is 1. The van der Waals surface area contributed by atoms with Crippen LogP contribution in [0.1, 0.15) is 43.7 Å². The fourth-order valence-corrected chi connectivity index (χ4v) is 3.15. The van der Waals surface area contributed by atoms with Crippen LogP contribution in [0.2, 0.25) is 0 Å². The van der Waals surface area contributed by atoms with Crippen LogP contribution in [0, 0.1) is 12.8 Å². The standard InChI is InChI=1S/C19H30N2O2.ClH/c1-14(2)17-6-5-15(3)11-18(17)23-13-19(22)21-9-7-16(8-10-21)12-20-4;/h5-6,11,14,16,20H,7-10,12-13H2,1-4H3;1H. The molecule has 0 spiro atoms. The third-order valence-corrected chi connectivity index (χ3v) is 4.60. The summed E-state index contributed by atoms with van der Waals surface area (Å²) in [5.74, 6) is 2.02. The maximum atomic E-state index is 12.4. The van der Waals surface area contributed by atoms with Crippen LogP contribution in [0.25, 0.3) is 0 Å². The molecule has 1 aliphatic rings. The molecule has 24 heavy (non-hydrogen) atoms. The minimum absolute atomic E-state index is 0. The van der Waals surface area contributed by atoms with Crippen LogP contribution in [0.4, 0.5) is 0 Å². The van der Waals surface area contributed by atoms with Crippen LogP contribution in [0.5, 0.6) is 5.75 Å². The number of nitrogens with one attached hydrogen (secondary N) is 1. The van der Waals surface area contributed by atoms with E-state index in [0.29, 0.717) is 11.8 Å². The Morgan fingerprint density at radius 3 is 2.58 bits per heavy atom. The summed E-state index contributed by atoms with van der Waals surface area (Å²) in [7, 11) is 1.99. The van der Waals surface area contributed by atoms with Gasteiger partial charge in [-0.25, -0.2) is 0 Å². The molecule has 0 radical (unpaired) electrons. The lowest BCUT2D eigenvalue weighted by atomic mass is 9.97. The van der Waals surface area contributed by atoms with Gasteiger partial charge < -0.3 is 15.0 Å². The molecule has 5 heteroatoms. The predicted octanol–water partition coefficient (Wildman–Crippen LogP) is 3.38. The summed E-state index contributed by atoms with van der Waals surface area (Å²) < 4.78 is 5.87. The summed E-state index contributed by atoms with van der Waals surface area (Å²) in [4.78, 5) is 14.3. The van der Waals surface area contributed by atoms with Gasteiger partial charge in [-0.3, -0.25) is 4.79 Å². The Balaban J connectivity index is 0.00000288. The Labute approximate surface area is 152 Å². The Bertz CT molecular complexity index is 526. The number of carbonyl (C=O) groups is 1. The number of benzene rings is 1. The van der Waals surface area contributed by atoms with Gasteiger partial charge in [0.2, 0.25) is 0 Å². The fraction of sp³-hybridized carbons (Fsp3) is 0.632. The average Bonchev–Trinajstić information content (AvgIpc) is 2.53. The number of likely N-dealkylation sites (tertiary alicyclic amines) is 1. The van der Waals surface area contributed by atoms with Crippen molar-refractivity contribution in [3.8, 4) is 5.75 Å². The molecule has 0 unspecified atom stereocenters. The molecule has 0 atom stereocenters. The van der Waals surface area contributed by atoms with E-state index in [1.807, 2.05) is 24.9 Å². The minimum Gasteiger partial charge on any atom is -0.483 e. The Hall–Kier alpha value is -1.26. The molecule has 0 saturated carbocycles. The van der Waals surface area contributed by atoms with Gasteiger partial charge in [-0.2, -0.15) is 0 Å². The topological polar surface area (TPSA) is 41.6 Å². The molecule has 136 valence electrons. The van der Waals surface area contributed by atoms with Crippen molar-refractivity contribution in [3.05, 3.63) is 29.3 Å². The smallest absolute Gasteiger partial charge is 0.260 e. The number of nitrogens with zero attached hydrogens (tertiary/aromatic N) is 1. The molecule has 1 fully saturated rings. The number of amides is 1. The van der Waals surface area contributed by atoms with Crippen molar-refractivity contribution in [2.75, 3.05) is 33.3 Å². The van der Waals surface area contributed by atoms with Crippen LogP contribution in [0.3, 0.4) is 0 Å². The van der Waals surface area contributed by atoms with Crippen molar-refractivity contribution in [1.29, 1.82) is 0 Å². The Morgan fingerprint density at radius 2 is 2.00 bits per heavy atom. The summed E-state index contributed by atoms with van der Waals surface area (Å²) in [6.07, 6.45) is 2.16. The zero-order valence-electron chi connectivity index (χ0n) is 15.3. The van der Waals surface area contributed by atoms with E-state index in [1.165, 1.54) is 0 Å². The number of ether oxygens (including phenoxy) is 1. The second-order valence-corrected chi connectivity index (χ2v) is 6.87. The normalized spacial score (nSPS) is 15.3. The second kappa shape index (κ2) is 9.90. The van der Waals surface area contributed by atoms with Gasteiger partial charge in [0.05, 0.1) is 0 Å². The van der Waals surface area contributed by atoms with E-state index in [0.717, 1.165) is 49.4 Å². The van der Waals surface area contributed by atoms with Crippen LogP contribution >= 0.6 is 12.4 Å². The van der Waals surface area contributed by atoms with Gasteiger partial charge in [-0.1, -0.05) is 26.0 Å². The summed E-state index contributed by atoms with van der Waals surface area (Å²) in [6, 6.07) is 6.22. The first kappa shape index (κ1) is 20.8. The van der Waals surface area contributed by atoms with Crippen molar-refractivity contribution in [3.63, 3.8) is 0 Å². The molecular formula is C19H31ClN2O2. The summed E-state index contributed by atoms with van der Waals surface area (Å²) >= 11 is 0. The lowest BCUT2D eigenvalue weighted by Crippen LogP contribution is -2.42. The van der Waals surface area contributed by atoms with E-state index < -0.39 is 0 Å². The van der Waals surface area contributed by atoms with Crippen molar-refractivity contribution >= 4 is 18.3 Å². The molecule has 1 aromatic rings. The number of rotatable bonds is 6. The predicted molar refractivity (Wildman–Crippen MR) is 101 cm³/mol. The molecule has 1 aliphatic heterocycles. The van der Waals surface area contributed by atoms with Crippen molar-refractivity contribution in [1.82, 2.24) is 10.2 Å². The van der Waals surface area contributed by atoms with E-state index in [-0.39, 0.29) is 24.9 Å². The molecule has 1 aromatic carbocycles. The maximum absolute atomic E-state index is 12.4. The largest absolute Gasteiger partial charge is 0.483 e. The van der Waals surface area contributed by atoms with Gasteiger partial charge in [0.1, 0.15) is 5.75 Å². The molecule has 2 rings (SSSR count). The van der Waals surface area contributed by atoms with Crippen molar-refractivity contribution in [2.24, 2.45) is 5.92 Å². The van der Waals surface area contributed by atoms with Gasteiger partial charge in [0.25, 0.3) is 5.91 Å². The van der Waals surface area contributed by atoms with E-state index >= 15 is 0 Å². The van der Waals surface area contributed by atoms with E-state index in [4.69, 9.17) is 4.74 Å². The third-order valence-electron chi connectivity index (χ3n) is 4.60. The third kappa shape index (κ3) is 5.67. The first-order valence-corrected chi connectivity index (χ1v) is 8.67. The summed E-state index contributed by atoms with van der Waals surface area (Å²) in [5.41, 5.74) is 2.32. The number of carbonyl (C=O) groups excluding carboxylic acids is 1. The maximum Gasteiger partial charge on any atom is 0.260 e. The van der Waals surface area contributed by atoms with Crippen LogP contribution in [0.15, 0.2) is 18.2 Å². The van der Waals surface area contributed by atoms with Gasteiger partial charge >= 0.3 is 0 Å². The SMILES string of the molecule is CNCC1CCN(C(=O)COc2cc(C)ccc2C(C)C)CC1.Cl. The minimum atomic E-state index is 0. The molecule has 1 saturated heterocycles. The highest BCUT2D eigenvalue weighted by molar-refractivity contribution is 5.85. The van der Waals surface area contributed by atoms with Crippen LogP contribution < -0.4 is 10.1 Å². The van der Waals surface area contributed by atoms with Gasteiger partial charge in [-0.05, 0) is 62.4 Å². The summed E-state index contributed by atoms with van der Waals surface area (Å²) in [5, 5.41) is 3.22. The number of hydrogen-bond acceptors (Lipinski definition) is 3. The number of piperidine rings is 1. The number of hydrogen-bond donors (Lipinski definition) is 1. The van der Waals surface area contributed by atoms with Crippen LogP contribution in [-0.2, 0) is 4.79 Å². The van der Waals surface area contributed by atoms with Crippen molar-refractivity contribution < 1.29 is 9.53 Å². The van der Waals surface area contributed by atoms with Gasteiger partial charge in [0, 0.05) is 13.1 Å². The molecule has 0 aromatic heterocycles. The van der Waals surface area contributed by atoms with Gasteiger partial charge in [0.15, 0.2) is 6.61 Å². The van der Waals surface area contributed by atoms with Gasteiger partial charge in [-0.15, -0.1) is 12.4 Å². The molecule has 0 bridgehead atoms. The second-order valence-electron chi connectivity index (χ2n) is 6.87. The summed E-state index contributed by atoms with van der Waals surface area (Å²) in [6.45, 7) is 9.21. The highest BCUT2D eigenvalue weighted by Crippen LogP contribution is 2.27. The lowest BCUT2D eigenvalue weighted by Gasteiger charge is -2.32. The average molecular weight is 355 g/mol. The quantitative estimate of drug-likeness (QED) is 0.851. The monoisotopic (exact) mass is 354 g/mol. The highest BCUT2D eigenvalue weighted by atomic mass is 35.5. The van der Waals surface area contributed by atoms with Crippen LogP contribution in [-0.4, -0.2) is 44.1 Å². The number of aryl methyl sites for hydroxylation is 1. The lowest BCUT2D eigenvalue weighted by molar-refractivity contribution is -0.134. The Kier molecular flexibility index (Phi) is 8.57. The molecule has 1 N–H and O–H groups in total. The fourth-order valence-electron chi connectivity index (χ4n) is 3.15. The molecule has 4 nitrogen and oxygen atoms in total. The molecular weight excluding hydrogens is 324 g/mol. The van der Waals surface area contributed by atoms with E-state index in [2.05, 4.69) is 31.3 Å². The zero-order chi connectivity index (χ0) is 16.8. The first-order chi connectivity index (χ1) is 11.0. The molecule has 1 amide bonds. The van der Waals surface area contributed by atoms with E-state index in [1.54, 1.807) is 0 Å². The van der Waals surface area contributed by atoms with E-state index in [9.17, 15) is 4.79 Å².